The van der Waals surface area contributed by atoms with E-state index >= 15 is 0 Å². The topological polar surface area (TPSA) is 61.4 Å². The number of phenolic OH excluding ortho intramolecular Hbond substituents is 1. The molecule has 1 saturated heterocycles. The number of rotatable bonds is 3. The van der Waals surface area contributed by atoms with Gasteiger partial charge < -0.3 is 15.7 Å². The fraction of sp³-hybridized carbons (Fsp3) is 0.462. The lowest BCUT2D eigenvalue weighted by Gasteiger charge is -2.26. The molecule has 18 heavy (non-hydrogen) atoms. The highest BCUT2D eigenvalue weighted by atomic mass is 19.1. The number of hydrogen-bond donors (Lipinski definition) is 3. The number of halogens is 1. The maximum atomic E-state index is 13.2. The maximum absolute atomic E-state index is 13.2. The molecule has 1 heterocycles. The van der Waals surface area contributed by atoms with Crippen LogP contribution in [0.5, 0.6) is 5.75 Å². The van der Waals surface area contributed by atoms with Gasteiger partial charge in [0.1, 0.15) is 0 Å². The molecule has 1 aromatic carbocycles. The summed E-state index contributed by atoms with van der Waals surface area (Å²) in [4.78, 5) is 12.2. The molecule has 0 aliphatic carbocycles. The summed E-state index contributed by atoms with van der Waals surface area (Å²) in [6.07, 6.45) is 2.44. The summed E-state index contributed by atoms with van der Waals surface area (Å²) in [6.45, 7) is 2.78. The fourth-order valence-corrected chi connectivity index (χ4v) is 2.30. The second kappa shape index (κ2) is 4.94. The average molecular weight is 252 g/mol. The minimum absolute atomic E-state index is 0.146. The summed E-state index contributed by atoms with van der Waals surface area (Å²) < 4.78 is 13.2. The van der Waals surface area contributed by atoms with Crippen molar-refractivity contribution in [2.24, 2.45) is 0 Å². The third-order valence-corrected chi connectivity index (χ3v) is 3.49. The van der Waals surface area contributed by atoms with Gasteiger partial charge in [-0.25, -0.2) is 4.39 Å². The van der Waals surface area contributed by atoms with E-state index in [1.807, 2.05) is 6.92 Å². The monoisotopic (exact) mass is 252 g/mol. The number of carbonyl (C=O) groups is 1. The van der Waals surface area contributed by atoms with Crippen LogP contribution in [0.2, 0.25) is 0 Å². The Morgan fingerprint density at radius 1 is 1.61 bits per heavy atom. The number of aromatic hydroxyl groups is 1. The fourth-order valence-electron chi connectivity index (χ4n) is 2.30. The minimum Gasteiger partial charge on any atom is -0.505 e. The van der Waals surface area contributed by atoms with E-state index in [9.17, 15) is 9.18 Å². The molecule has 0 saturated carbocycles. The largest absolute Gasteiger partial charge is 0.505 e. The van der Waals surface area contributed by atoms with Gasteiger partial charge in [0, 0.05) is 11.8 Å². The van der Waals surface area contributed by atoms with Gasteiger partial charge in [-0.2, -0.15) is 0 Å². The molecular weight excluding hydrogens is 235 g/mol. The Bertz CT molecular complexity index is 456. The first-order valence-corrected chi connectivity index (χ1v) is 6.12. The Labute approximate surface area is 105 Å². The molecule has 98 valence electrons. The Morgan fingerprint density at radius 2 is 2.39 bits per heavy atom. The number of amides is 1. The quantitative estimate of drug-likeness (QED) is 0.721. The zero-order chi connectivity index (χ0) is 13.2. The molecule has 3 N–H and O–H groups in total. The Balaban J connectivity index is 2.13. The van der Waals surface area contributed by atoms with Crippen LogP contribution in [-0.2, 0) is 4.79 Å². The molecule has 0 aromatic heterocycles. The minimum atomic E-state index is -0.738. The zero-order valence-corrected chi connectivity index (χ0v) is 10.3. The van der Waals surface area contributed by atoms with Crippen molar-refractivity contribution in [3.8, 4) is 5.75 Å². The number of benzene rings is 1. The van der Waals surface area contributed by atoms with Crippen LogP contribution in [-0.4, -0.2) is 23.1 Å². The third-order valence-electron chi connectivity index (χ3n) is 3.49. The van der Waals surface area contributed by atoms with Crippen LogP contribution in [0.3, 0.4) is 0 Å². The first-order valence-electron chi connectivity index (χ1n) is 6.12. The van der Waals surface area contributed by atoms with Crippen molar-refractivity contribution < 1.29 is 14.3 Å². The Hall–Kier alpha value is -1.62. The Kier molecular flexibility index (Phi) is 3.52. The van der Waals surface area contributed by atoms with Gasteiger partial charge in [0.05, 0.1) is 5.54 Å². The second-order valence-corrected chi connectivity index (χ2v) is 4.59. The molecule has 1 amide bonds. The molecule has 0 radical (unpaired) electrons. The van der Waals surface area contributed by atoms with E-state index in [4.69, 9.17) is 5.11 Å². The summed E-state index contributed by atoms with van der Waals surface area (Å²) in [5, 5.41) is 15.0. The number of nitrogens with one attached hydrogen (secondary N) is 2. The smallest absolute Gasteiger partial charge is 0.244 e. The van der Waals surface area contributed by atoms with Crippen LogP contribution >= 0.6 is 0 Å². The molecule has 1 aliphatic rings. The standard InChI is InChI=1S/C13H17FN2O2/c1-2-13(6-3-7-15-13)12(18)16-9-4-5-11(17)10(14)8-9/h4-5,8,15,17H,2-3,6-7H2,1H3,(H,16,18). The van der Waals surface area contributed by atoms with Gasteiger partial charge in [0.25, 0.3) is 0 Å². The van der Waals surface area contributed by atoms with Gasteiger partial charge in [-0.3, -0.25) is 4.79 Å². The third kappa shape index (κ3) is 2.31. The number of carbonyl (C=O) groups excluding carboxylic acids is 1. The predicted octanol–water partition coefficient (Wildman–Crippen LogP) is 2.00. The Morgan fingerprint density at radius 3 is 2.94 bits per heavy atom. The molecular formula is C13H17FN2O2. The molecule has 0 bridgehead atoms. The van der Waals surface area contributed by atoms with Crippen molar-refractivity contribution in [3.05, 3.63) is 24.0 Å². The molecule has 4 nitrogen and oxygen atoms in total. The lowest BCUT2D eigenvalue weighted by Crippen LogP contribution is -2.50. The van der Waals surface area contributed by atoms with E-state index in [-0.39, 0.29) is 5.91 Å². The first kappa shape index (κ1) is 12.8. The highest BCUT2D eigenvalue weighted by molar-refractivity contribution is 5.98. The molecule has 1 fully saturated rings. The molecule has 1 aromatic rings. The van der Waals surface area contributed by atoms with Crippen LogP contribution < -0.4 is 10.6 Å². The van der Waals surface area contributed by atoms with Crippen LogP contribution in [0.25, 0.3) is 0 Å². The van der Waals surface area contributed by atoms with Crippen LogP contribution in [0.4, 0.5) is 10.1 Å². The second-order valence-electron chi connectivity index (χ2n) is 4.59. The van der Waals surface area contributed by atoms with E-state index in [1.54, 1.807) is 0 Å². The molecule has 2 rings (SSSR count). The van der Waals surface area contributed by atoms with E-state index in [0.29, 0.717) is 12.1 Å². The molecule has 5 heteroatoms. The van der Waals surface area contributed by atoms with Crippen LogP contribution in [0.15, 0.2) is 18.2 Å². The molecule has 1 unspecified atom stereocenters. The van der Waals surface area contributed by atoms with Crippen LogP contribution in [0, 0.1) is 5.82 Å². The van der Waals surface area contributed by atoms with Gasteiger partial charge in [0.15, 0.2) is 11.6 Å². The van der Waals surface area contributed by atoms with Crippen molar-refractivity contribution in [2.75, 3.05) is 11.9 Å². The summed E-state index contributed by atoms with van der Waals surface area (Å²) >= 11 is 0. The summed E-state index contributed by atoms with van der Waals surface area (Å²) in [5.74, 6) is -1.30. The van der Waals surface area contributed by atoms with Crippen molar-refractivity contribution in [1.29, 1.82) is 0 Å². The van der Waals surface area contributed by atoms with E-state index in [2.05, 4.69) is 10.6 Å². The highest BCUT2D eigenvalue weighted by Gasteiger charge is 2.39. The maximum Gasteiger partial charge on any atom is 0.244 e. The molecule has 1 aliphatic heterocycles. The van der Waals surface area contributed by atoms with Crippen LogP contribution in [0.1, 0.15) is 26.2 Å². The normalized spacial score (nSPS) is 23.0. The summed E-state index contributed by atoms with van der Waals surface area (Å²) in [7, 11) is 0. The average Bonchev–Trinajstić information content (AvgIpc) is 2.84. The van der Waals surface area contributed by atoms with Gasteiger partial charge in [-0.1, -0.05) is 6.92 Å². The summed E-state index contributed by atoms with van der Waals surface area (Å²) in [5.41, 5.74) is -0.189. The number of hydrogen-bond acceptors (Lipinski definition) is 3. The van der Waals surface area contributed by atoms with E-state index in [1.165, 1.54) is 12.1 Å². The lowest BCUT2D eigenvalue weighted by atomic mass is 9.93. The molecule has 1 atom stereocenters. The highest BCUT2D eigenvalue weighted by Crippen LogP contribution is 2.26. The van der Waals surface area contributed by atoms with Gasteiger partial charge in [-0.05, 0) is 37.9 Å². The van der Waals surface area contributed by atoms with Gasteiger partial charge in [0.2, 0.25) is 5.91 Å². The predicted molar refractivity (Wildman–Crippen MR) is 67.0 cm³/mol. The summed E-state index contributed by atoms with van der Waals surface area (Å²) in [6, 6.07) is 3.83. The van der Waals surface area contributed by atoms with Crippen molar-refractivity contribution in [1.82, 2.24) is 5.32 Å². The first-order chi connectivity index (χ1) is 8.57. The van der Waals surface area contributed by atoms with Gasteiger partial charge >= 0.3 is 0 Å². The number of phenols is 1. The van der Waals surface area contributed by atoms with Gasteiger partial charge in [-0.15, -0.1) is 0 Å². The van der Waals surface area contributed by atoms with Crippen molar-refractivity contribution >= 4 is 11.6 Å². The molecule has 0 spiro atoms. The SMILES string of the molecule is CCC1(C(=O)Nc2ccc(O)c(F)c2)CCCN1. The zero-order valence-electron chi connectivity index (χ0n) is 10.3. The van der Waals surface area contributed by atoms with Crippen molar-refractivity contribution in [3.63, 3.8) is 0 Å². The lowest BCUT2D eigenvalue weighted by molar-refractivity contribution is -0.122. The van der Waals surface area contributed by atoms with Crippen molar-refractivity contribution in [2.45, 2.75) is 31.7 Å². The number of anilines is 1. The van der Waals surface area contributed by atoms with E-state index < -0.39 is 17.1 Å². The van der Waals surface area contributed by atoms with E-state index in [0.717, 1.165) is 25.5 Å².